The fraction of sp³-hybridized carbons (Fsp3) is 0.368. The van der Waals surface area contributed by atoms with Crippen molar-refractivity contribution < 1.29 is 17.9 Å². The number of benzene rings is 1. The molecule has 0 amide bonds. The third-order valence-corrected chi connectivity index (χ3v) is 5.00. The zero-order chi connectivity index (χ0) is 20.6. The number of fused-ring (bicyclic) bond motifs is 1. The molecule has 1 saturated heterocycles. The second-order valence-corrected chi connectivity index (χ2v) is 7.00. The van der Waals surface area contributed by atoms with E-state index in [-0.39, 0.29) is 17.2 Å². The van der Waals surface area contributed by atoms with Gasteiger partial charge in [-0.1, -0.05) is 12.1 Å². The average molecular weight is 407 g/mol. The second kappa shape index (κ2) is 7.53. The molecule has 3 heterocycles. The molecule has 0 radical (unpaired) electrons. The van der Waals surface area contributed by atoms with Gasteiger partial charge in [-0.05, 0) is 36.6 Å². The van der Waals surface area contributed by atoms with Gasteiger partial charge in [0.25, 0.3) is 5.56 Å². The predicted molar refractivity (Wildman–Crippen MR) is 102 cm³/mol. The summed E-state index contributed by atoms with van der Waals surface area (Å²) < 4.78 is 45.6. The van der Waals surface area contributed by atoms with Crippen LogP contribution in [0.5, 0.6) is 0 Å². The number of ether oxygens (including phenoxy) is 1. The first kappa shape index (κ1) is 19.5. The van der Waals surface area contributed by atoms with Gasteiger partial charge in [-0.15, -0.1) is 0 Å². The van der Waals surface area contributed by atoms with E-state index in [1.807, 2.05) is 0 Å². The molecule has 154 valence electrons. The van der Waals surface area contributed by atoms with E-state index in [1.165, 1.54) is 24.3 Å². The predicted octanol–water partition coefficient (Wildman–Crippen LogP) is 3.38. The number of rotatable bonds is 4. The molecule has 2 aromatic heterocycles. The molecule has 7 nitrogen and oxygen atoms in total. The van der Waals surface area contributed by atoms with E-state index < -0.39 is 12.2 Å². The molecule has 1 fully saturated rings. The number of hydrogen-bond acceptors (Lipinski definition) is 5. The molecule has 4 N–H and O–H groups in total. The van der Waals surface area contributed by atoms with Gasteiger partial charge in [-0.25, -0.2) is 0 Å². The standard InChI is InChI=1S/C19H20F3N5O2/c20-19(21,22)16(23)11-3-5-12(6-4-11)25-17-15-14(7-8-24-18(15)28)27(26-17)13-2-1-9-29-10-13/h3-8,13,16H,1-2,9-10,23H2,(H,24,28)(H,25,26). The van der Waals surface area contributed by atoms with Crippen LogP contribution < -0.4 is 16.6 Å². The summed E-state index contributed by atoms with van der Waals surface area (Å²) in [5, 5.41) is 7.99. The molecule has 2 unspecified atom stereocenters. The number of H-pyrrole nitrogens is 1. The van der Waals surface area contributed by atoms with Gasteiger partial charge in [-0.2, -0.15) is 18.3 Å². The maximum absolute atomic E-state index is 12.8. The highest BCUT2D eigenvalue weighted by atomic mass is 19.4. The van der Waals surface area contributed by atoms with E-state index in [2.05, 4.69) is 15.4 Å². The van der Waals surface area contributed by atoms with Crippen LogP contribution in [-0.4, -0.2) is 34.2 Å². The highest BCUT2D eigenvalue weighted by Gasteiger charge is 2.37. The van der Waals surface area contributed by atoms with Crippen molar-refractivity contribution in [1.82, 2.24) is 14.8 Å². The minimum Gasteiger partial charge on any atom is -0.379 e. The van der Waals surface area contributed by atoms with Gasteiger partial charge < -0.3 is 20.8 Å². The molecule has 2 atom stereocenters. The van der Waals surface area contributed by atoms with Crippen molar-refractivity contribution in [2.75, 3.05) is 18.5 Å². The lowest BCUT2D eigenvalue weighted by atomic mass is 10.1. The van der Waals surface area contributed by atoms with Gasteiger partial charge >= 0.3 is 6.18 Å². The highest BCUT2D eigenvalue weighted by Crippen LogP contribution is 2.32. The Bertz CT molecular complexity index is 1050. The van der Waals surface area contributed by atoms with Crippen LogP contribution in [0.4, 0.5) is 24.7 Å². The average Bonchev–Trinajstić information content (AvgIpc) is 3.08. The third-order valence-electron chi connectivity index (χ3n) is 5.00. The lowest BCUT2D eigenvalue weighted by Crippen LogP contribution is -2.28. The Kier molecular flexibility index (Phi) is 5.05. The summed E-state index contributed by atoms with van der Waals surface area (Å²) in [6, 6.07) is 5.30. The Morgan fingerprint density at radius 3 is 2.69 bits per heavy atom. The maximum Gasteiger partial charge on any atom is 0.407 e. The number of hydrogen-bond donors (Lipinski definition) is 3. The van der Waals surface area contributed by atoms with Gasteiger partial charge in [0.15, 0.2) is 5.82 Å². The Labute approximate surface area is 163 Å². The summed E-state index contributed by atoms with van der Waals surface area (Å²) in [4.78, 5) is 15.1. The Morgan fingerprint density at radius 1 is 1.28 bits per heavy atom. The summed E-state index contributed by atoms with van der Waals surface area (Å²) in [5.74, 6) is 0.334. The van der Waals surface area contributed by atoms with E-state index in [0.29, 0.717) is 35.6 Å². The number of aromatic nitrogens is 3. The summed E-state index contributed by atoms with van der Waals surface area (Å²) >= 11 is 0. The van der Waals surface area contributed by atoms with Gasteiger partial charge in [0.1, 0.15) is 11.4 Å². The van der Waals surface area contributed by atoms with Crippen LogP contribution in [0.25, 0.3) is 10.9 Å². The molecule has 1 aliphatic heterocycles. The molecule has 0 aliphatic carbocycles. The van der Waals surface area contributed by atoms with Crippen LogP contribution in [0.3, 0.4) is 0 Å². The number of halogens is 3. The normalized spacial score (nSPS) is 18.7. The van der Waals surface area contributed by atoms with Crippen LogP contribution in [0.1, 0.15) is 30.5 Å². The Hall–Kier alpha value is -2.85. The molecule has 0 bridgehead atoms. The fourth-order valence-corrected chi connectivity index (χ4v) is 3.48. The minimum atomic E-state index is -4.51. The monoisotopic (exact) mass is 407 g/mol. The second-order valence-electron chi connectivity index (χ2n) is 7.00. The van der Waals surface area contributed by atoms with E-state index in [9.17, 15) is 18.0 Å². The van der Waals surface area contributed by atoms with Crippen LogP contribution in [0.2, 0.25) is 0 Å². The van der Waals surface area contributed by atoms with Crippen LogP contribution in [0.15, 0.2) is 41.3 Å². The molecular weight excluding hydrogens is 387 g/mol. The molecule has 1 aromatic carbocycles. The number of aromatic amines is 1. The van der Waals surface area contributed by atoms with E-state index in [4.69, 9.17) is 10.5 Å². The maximum atomic E-state index is 12.8. The first-order chi connectivity index (χ1) is 13.8. The number of nitrogens with one attached hydrogen (secondary N) is 2. The quantitative estimate of drug-likeness (QED) is 0.616. The molecule has 1 aliphatic rings. The van der Waals surface area contributed by atoms with Gasteiger partial charge in [0, 0.05) is 18.5 Å². The molecule has 3 aromatic rings. The van der Waals surface area contributed by atoms with Gasteiger partial charge in [0.2, 0.25) is 0 Å². The lowest BCUT2D eigenvalue weighted by molar-refractivity contribution is -0.149. The highest BCUT2D eigenvalue weighted by molar-refractivity contribution is 5.91. The molecular formula is C19H20F3N5O2. The van der Waals surface area contributed by atoms with E-state index >= 15 is 0 Å². The van der Waals surface area contributed by atoms with Crippen molar-refractivity contribution in [3.05, 3.63) is 52.4 Å². The number of alkyl halides is 3. The first-order valence-corrected chi connectivity index (χ1v) is 9.21. The zero-order valence-corrected chi connectivity index (χ0v) is 15.4. The topological polar surface area (TPSA) is 98.0 Å². The lowest BCUT2D eigenvalue weighted by Gasteiger charge is -2.23. The van der Waals surface area contributed by atoms with Gasteiger partial charge in [-0.3, -0.25) is 9.48 Å². The fourth-order valence-electron chi connectivity index (χ4n) is 3.48. The largest absolute Gasteiger partial charge is 0.407 e. The molecule has 29 heavy (non-hydrogen) atoms. The van der Waals surface area contributed by atoms with Crippen LogP contribution in [0, 0.1) is 0 Å². The van der Waals surface area contributed by atoms with Crippen molar-refractivity contribution in [2.45, 2.75) is 31.1 Å². The number of anilines is 2. The third kappa shape index (κ3) is 3.85. The van der Waals surface area contributed by atoms with Crippen molar-refractivity contribution in [3.8, 4) is 0 Å². The summed E-state index contributed by atoms with van der Waals surface area (Å²) in [7, 11) is 0. The SMILES string of the molecule is NC(c1ccc(Nc2nn(C3CCCOC3)c3cc[nH]c(=O)c23)cc1)C(F)(F)F. The summed E-state index contributed by atoms with van der Waals surface area (Å²) in [6.45, 7) is 1.21. The van der Waals surface area contributed by atoms with E-state index in [0.717, 1.165) is 12.8 Å². The van der Waals surface area contributed by atoms with Crippen molar-refractivity contribution in [3.63, 3.8) is 0 Å². The van der Waals surface area contributed by atoms with Crippen molar-refractivity contribution >= 4 is 22.4 Å². The molecule has 0 spiro atoms. The van der Waals surface area contributed by atoms with Crippen LogP contribution in [-0.2, 0) is 4.74 Å². The molecule has 0 saturated carbocycles. The molecule has 4 rings (SSSR count). The Morgan fingerprint density at radius 2 is 2.03 bits per heavy atom. The van der Waals surface area contributed by atoms with E-state index in [1.54, 1.807) is 16.9 Å². The first-order valence-electron chi connectivity index (χ1n) is 9.21. The molecule has 10 heteroatoms. The number of nitrogens with zero attached hydrogens (tertiary/aromatic N) is 2. The van der Waals surface area contributed by atoms with Gasteiger partial charge in [0.05, 0.1) is 18.2 Å². The van der Waals surface area contributed by atoms with Crippen molar-refractivity contribution in [1.29, 1.82) is 0 Å². The number of nitrogens with two attached hydrogens (primary N) is 1. The number of pyridine rings is 1. The van der Waals surface area contributed by atoms with Crippen LogP contribution >= 0.6 is 0 Å². The Balaban J connectivity index is 1.67. The summed E-state index contributed by atoms with van der Waals surface area (Å²) in [6.07, 6.45) is -1.17. The van der Waals surface area contributed by atoms with Crippen molar-refractivity contribution in [2.24, 2.45) is 5.73 Å². The smallest absolute Gasteiger partial charge is 0.379 e. The zero-order valence-electron chi connectivity index (χ0n) is 15.4. The summed E-state index contributed by atoms with van der Waals surface area (Å²) in [5.41, 5.74) is 6.06. The minimum absolute atomic E-state index is 0.00996.